The molecular formula is C16H22N6O2S. The van der Waals surface area contributed by atoms with Gasteiger partial charge in [0.2, 0.25) is 11.1 Å². The molecule has 9 heteroatoms. The van der Waals surface area contributed by atoms with E-state index in [9.17, 15) is 4.79 Å². The number of amides is 1. The van der Waals surface area contributed by atoms with Gasteiger partial charge in [-0.3, -0.25) is 9.69 Å². The maximum Gasteiger partial charge on any atom is 0.230 e. The van der Waals surface area contributed by atoms with Crippen LogP contribution < -0.4 is 5.32 Å². The molecule has 0 radical (unpaired) electrons. The number of nitrogens with one attached hydrogen (secondary N) is 1. The van der Waals surface area contributed by atoms with Gasteiger partial charge in [0.05, 0.1) is 19.0 Å². The molecule has 1 aliphatic heterocycles. The van der Waals surface area contributed by atoms with Gasteiger partial charge in [-0.1, -0.05) is 36.0 Å². The Hall–Kier alpha value is -1.97. The molecule has 0 unspecified atom stereocenters. The van der Waals surface area contributed by atoms with E-state index < -0.39 is 0 Å². The summed E-state index contributed by atoms with van der Waals surface area (Å²) >= 11 is 1.32. The van der Waals surface area contributed by atoms with Crippen LogP contribution >= 0.6 is 11.8 Å². The lowest BCUT2D eigenvalue weighted by atomic mass is 10.1. The van der Waals surface area contributed by atoms with Crippen LogP contribution in [0.2, 0.25) is 0 Å². The van der Waals surface area contributed by atoms with Crippen LogP contribution in [0.3, 0.4) is 0 Å². The van der Waals surface area contributed by atoms with Crippen LogP contribution in [0.5, 0.6) is 0 Å². The van der Waals surface area contributed by atoms with E-state index in [-0.39, 0.29) is 5.91 Å². The number of hydrogen-bond donors (Lipinski definition) is 1. The van der Waals surface area contributed by atoms with E-state index in [1.54, 1.807) is 11.7 Å². The summed E-state index contributed by atoms with van der Waals surface area (Å²) in [7, 11) is 1.75. The molecule has 2 aromatic rings. The van der Waals surface area contributed by atoms with Crippen molar-refractivity contribution < 1.29 is 9.53 Å². The molecule has 3 rings (SSSR count). The molecule has 0 bridgehead atoms. The van der Waals surface area contributed by atoms with E-state index in [0.717, 1.165) is 38.4 Å². The van der Waals surface area contributed by atoms with E-state index >= 15 is 0 Å². The predicted molar refractivity (Wildman–Crippen MR) is 93.9 cm³/mol. The van der Waals surface area contributed by atoms with Gasteiger partial charge in [-0.15, -0.1) is 5.10 Å². The summed E-state index contributed by atoms with van der Waals surface area (Å²) in [5.41, 5.74) is 2.39. The van der Waals surface area contributed by atoms with E-state index in [0.29, 0.717) is 17.5 Å². The highest BCUT2D eigenvalue weighted by atomic mass is 32.2. The lowest BCUT2D eigenvalue weighted by molar-refractivity contribution is -0.118. The topological polar surface area (TPSA) is 85.2 Å². The second-order valence-electron chi connectivity index (χ2n) is 5.81. The van der Waals surface area contributed by atoms with Crippen molar-refractivity contribution in [2.45, 2.75) is 18.2 Å². The van der Waals surface area contributed by atoms with Gasteiger partial charge in [-0.25, -0.2) is 4.68 Å². The predicted octanol–water partition coefficient (Wildman–Crippen LogP) is 0.451. The standard InChI is InChI=1S/C16H22N6O2S/c1-21-16(18-19-20-21)25-12-15(23)17-10-13-4-2-3-5-14(13)11-22-6-8-24-9-7-22/h2-5H,6-12H2,1H3,(H,17,23). The van der Waals surface area contributed by atoms with Crippen LogP contribution in [0.4, 0.5) is 0 Å². The molecule has 25 heavy (non-hydrogen) atoms. The van der Waals surface area contributed by atoms with Crippen molar-refractivity contribution in [3.63, 3.8) is 0 Å². The molecule has 1 fully saturated rings. The van der Waals surface area contributed by atoms with Gasteiger partial charge in [0.15, 0.2) is 0 Å². The molecule has 1 aromatic heterocycles. The number of carbonyl (C=O) groups excluding carboxylic acids is 1. The Labute approximate surface area is 150 Å². The maximum absolute atomic E-state index is 12.1. The van der Waals surface area contributed by atoms with Gasteiger partial charge in [-0.2, -0.15) is 0 Å². The quantitative estimate of drug-likeness (QED) is 0.716. The number of benzene rings is 1. The summed E-state index contributed by atoms with van der Waals surface area (Å²) in [4.78, 5) is 14.5. The average Bonchev–Trinajstić information content (AvgIpc) is 3.05. The van der Waals surface area contributed by atoms with Crippen molar-refractivity contribution in [3.8, 4) is 0 Å². The Morgan fingerprint density at radius 2 is 2.04 bits per heavy atom. The molecule has 134 valence electrons. The third-order valence-corrected chi connectivity index (χ3v) is 5.02. The number of hydrogen-bond acceptors (Lipinski definition) is 7. The Kier molecular flexibility index (Phi) is 6.37. The zero-order valence-corrected chi connectivity index (χ0v) is 15.0. The maximum atomic E-state index is 12.1. The minimum Gasteiger partial charge on any atom is -0.379 e. The Balaban J connectivity index is 1.50. The van der Waals surface area contributed by atoms with E-state index in [4.69, 9.17) is 4.74 Å². The zero-order chi connectivity index (χ0) is 17.5. The van der Waals surface area contributed by atoms with Gasteiger partial charge in [0.1, 0.15) is 0 Å². The molecule has 1 aromatic carbocycles. The highest BCUT2D eigenvalue weighted by Crippen LogP contribution is 2.14. The lowest BCUT2D eigenvalue weighted by Gasteiger charge is -2.27. The van der Waals surface area contributed by atoms with Crippen molar-refractivity contribution in [3.05, 3.63) is 35.4 Å². The number of nitrogens with zero attached hydrogens (tertiary/aromatic N) is 5. The smallest absolute Gasteiger partial charge is 0.230 e. The van der Waals surface area contributed by atoms with Crippen LogP contribution in [0, 0.1) is 0 Å². The third-order valence-electron chi connectivity index (χ3n) is 4.01. The fourth-order valence-electron chi connectivity index (χ4n) is 2.60. The van der Waals surface area contributed by atoms with Crippen molar-refractivity contribution >= 4 is 17.7 Å². The van der Waals surface area contributed by atoms with Crippen LogP contribution in [-0.4, -0.2) is 63.1 Å². The summed E-state index contributed by atoms with van der Waals surface area (Å²) in [6, 6.07) is 8.23. The lowest BCUT2D eigenvalue weighted by Crippen LogP contribution is -2.36. The Morgan fingerprint density at radius 1 is 1.28 bits per heavy atom. The highest BCUT2D eigenvalue weighted by Gasteiger charge is 2.13. The fraction of sp³-hybridized carbons (Fsp3) is 0.500. The van der Waals surface area contributed by atoms with Crippen LogP contribution in [0.25, 0.3) is 0 Å². The summed E-state index contributed by atoms with van der Waals surface area (Å²) in [6.07, 6.45) is 0. The molecule has 0 atom stereocenters. The first-order valence-electron chi connectivity index (χ1n) is 8.21. The van der Waals surface area contributed by atoms with Crippen LogP contribution in [0.15, 0.2) is 29.4 Å². The Morgan fingerprint density at radius 3 is 2.76 bits per heavy atom. The summed E-state index contributed by atoms with van der Waals surface area (Å²) in [5, 5.41) is 14.8. The minimum atomic E-state index is -0.0332. The average molecular weight is 362 g/mol. The SMILES string of the molecule is Cn1nnnc1SCC(=O)NCc1ccccc1CN1CCOCC1. The van der Waals surface area contributed by atoms with Gasteiger partial charge in [-0.05, 0) is 21.6 Å². The molecule has 1 aliphatic rings. The van der Waals surface area contributed by atoms with E-state index in [1.807, 2.05) is 12.1 Å². The number of ether oxygens (including phenoxy) is 1. The van der Waals surface area contributed by atoms with Crippen LogP contribution in [-0.2, 0) is 29.7 Å². The first-order chi connectivity index (χ1) is 12.2. The third kappa shape index (κ3) is 5.25. The largest absolute Gasteiger partial charge is 0.379 e. The molecule has 0 saturated carbocycles. The summed E-state index contributed by atoms with van der Waals surface area (Å²) < 4.78 is 6.95. The molecule has 1 saturated heterocycles. The molecule has 0 aliphatic carbocycles. The highest BCUT2D eigenvalue weighted by molar-refractivity contribution is 7.99. The summed E-state index contributed by atoms with van der Waals surface area (Å²) in [5.74, 6) is 0.258. The number of tetrazole rings is 1. The van der Waals surface area contributed by atoms with Crippen molar-refractivity contribution in [2.24, 2.45) is 7.05 Å². The second kappa shape index (κ2) is 8.93. The van der Waals surface area contributed by atoms with Crippen molar-refractivity contribution in [1.82, 2.24) is 30.4 Å². The molecule has 1 amide bonds. The first-order valence-corrected chi connectivity index (χ1v) is 9.19. The van der Waals surface area contributed by atoms with Gasteiger partial charge in [0.25, 0.3) is 0 Å². The normalized spacial score (nSPS) is 15.2. The summed E-state index contributed by atoms with van der Waals surface area (Å²) in [6.45, 7) is 4.87. The Bertz CT molecular complexity index is 701. The fourth-order valence-corrected chi connectivity index (χ4v) is 3.28. The van der Waals surface area contributed by atoms with Crippen molar-refractivity contribution in [2.75, 3.05) is 32.1 Å². The molecule has 2 heterocycles. The van der Waals surface area contributed by atoms with Crippen LogP contribution in [0.1, 0.15) is 11.1 Å². The van der Waals surface area contributed by atoms with Gasteiger partial charge >= 0.3 is 0 Å². The number of thioether (sulfide) groups is 1. The molecule has 8 nitrogen and oxygen atoms in total. The molecule has 0 spiro atoms. The van der Waals surface area contributed by atoms with Crippen molar-refractivity contribution in [1.29, 1.82) is 0 Å². The molecule has 1 N–H and O–H groups in total. The van der Waals surface area contributed by atoms with Gasteiger partial charge in [0, 0.05) is 33.2 Å². The zero-order valence-electron chi connectivity index (χ0n) is 14.2. The van der Waals surface area contributed by atoms with E-state index in [2.05, 4.69) is 37.9 Å². The number of rotatable bonds is 7. The number of carbonyl (C=O) groups is 1. The minimum absolute atomic E-state index is 0.0332. The second-order valence-corrected chi connectivity index (χ2v) is 6.75. The monoisotopic (exact) mass is 362 g/mol. The number of aromatic nitrogens is 4. The number of aryl methyl sites for hydroxylation is 1. The van der Waals surface area contributed by atoms with E-state index in [1.165, 1.54) is 17.3 Å². The first kappa shape index (κ1) is 17.8. The van der Waals surface area contributed by atoms with Gasteiger partial charge < -0.3 is 10.1 Å². The molecular weight excluding hydrogens is 340 g/mol. The number of morpholine rings is 1.